The lowest BCUT2D eigenvalue weighted by Gasteiger charge is -2.46. The molecule has 3 fully saturated rings. The van der Waals surface area contributed by atoms with Gasteiger partial charge in [-0.25, -0.2) is 0 Å². The minimum atomic E-state index is 0.271. The Labute approximate surface area is 189 Å². The van der Waals surface area contributed by atoms with E-state index in [-0.39, 0.29) is 5.60 Å². The summed E-state index contributed by atoms with van der Waals surface area (Å²) in [4.78, 5) is 0. The molecule has 0 amide bonds. The molecule has 0 aromatic heterocycles. The van der Waals surface area contributed by atoms with Crippen LogP contribution in [0.3, 0.4) is 0 Å². The molecule has 3 saturated carbocycles. The van der Waals surface area contributed by atoms with Crippen LogP contribution >= 0.6 is 0 Å². The van der Waals surface area contributed by atoms with Gasteiger partial charge >= 0.3 is 0 Å². The maximum Gasteiger partial charge on any atom is 0.0710 e. The minimum absolute atomic E-state index is 0.271. The Balaban J connectivity index is 1.28. The van der Waals surface area contributed by atoms with Crippen LogP contribution in [0, 0.1) is 23.7 Å². The Hall–Kier alpha value is -0.0400. The summed E-state index contributed by atoms with van der Waals surface area (Å²) in [5.41, 5.74) is 0.271. The molecular formula is C29H54O. The van der Waals surface area contributed by atoms with Gasteiger partial charge in [-0.2, -0.15) is 0 Å². The highest BCUT2D eigenvalue weighted by molar-refractivity contribution is 4.93. The molecule has 1 heteroatoms. The lowest BCUT2D eigenvalue weighted by Crippen LogP contribution is -2.44. The third kappa shape index (κ3) is 7.53. The summed E-state index contributed by atoms with van der Waals surface area (Å²) in [5.74, 6) is 4.03. The summed E-state index contributed by atoms with van der Waals surface area (Å²) in [6.07, 6.45) is 30.9. The monoisotopic (exact) mass is 418 g/mol. The first kappa shape index (κ1) is 24.6. The van der Waals surface area contributed by atoms with Gasteiger partial charge in [-0.3, -0.25) is 0 Å². The van der Waals surface area contributed by atoms with Crippen molar-refractivity contribution in [1.29, 1.82) is 0 Å². The fraction of sp³-hybridized carbons (Fsp3) is 1.00. The van der Waals surface area contributed by atoms with Gasteiger partial charge in [0.15, 0.2) is 0 Å². The third-order valence-electron chi connectivity index (χ3n) is 9.39. The molecule has 0 aliphatic heterocycles. The molecular weight excluding hydrogens is 364 g/mol. The van der Waals surface area contributed by atoms with Crippen LogP contribution in [0.1, 0.15) is 149 Å². The molecule has 1 nitrogen and oxygen atoms in total. The van der Waals surface area contributed by atoms with E-state index in [9.17, 15) is 0 Å². The normalized spacial score (nSPS) is 32.2. The van der Waals surface area contributed by atoms with Gasteiger partial charge < -0.3 is 4.74 Å². The molecule has 176 valence electrons. The second-order valence-electron chi connectivity index (χ2n) is 11.4. The highest BCUT2D eigenvalue weighted by atomic mass is 16.5. The summed E-state index contributed by atoms with van der Waals surface area (Å²) >= 11 is 0. The maximum absolute atomic E-state index is 6.46. The van der Waals surface area contributed by atoms with E-state index in [1.54, 1.807) is 25.7 Å². The van der Waals surface area contributed by atoms with Crippen LogP contribution in [0.5, 0.6) is 0 Å². The number of unbranched alkanes of at least 4 members (excludes halogenated alkanes) is 4. The molecule has 3 aliphatic carbocycles. The Morgan fingerprint density at radius 3 is 1.70 bits per heavy atom. The molecule has 0 N–H and O–H groups in total. The molecule has 0 aromatic rings. The molecule has 0 heterocycles. The highest BCUT2D eigenvalue weighted by Gasteiger charge is 2.41. The van der Waals surface area contributed by atoms with Crippen LogP contribution in [0.2, 0.25) is 0 Å². The van der Waals surface area contributed by atoms with E-state index in [1.165, 1.54) is 109 Å². The smallest absolute Gasteiger partial charge is 0.0710 e. The van der Waals surface area contributed by atoms with Gasteiger partial charge in [0, 0.05) is 6.61 Å². The number of hydrogen-bond donors (Lipinski definition) is 0. The van der Waals surface area contributed by atoms with Crippen LogP contribution in [0.4, 0.5) is 0 Å². The molecule has 3 rings (SSSR count). The average molecular weight is 419 g/mol. The second kappa shape index (κ2) is 13.5. The predicted molar refractivity (Wildman–Crippen MR) is 131 cm³/mol. The summed E-state index contributed by atoms with van der Waals surface area (Å²) in [7, 11) is 0. The highest BCUT2D eigenvalue weighted by Crippen LogP contribution is 2.46. The molecule has 0 atom stereocenters. The van der Waals surface area contributed by atoms with Gasteiger partial charge in [0.25, 0.3) is 0 Å². The van der Waals surface area contributed by atoms with E-state index in [0.717, 1.165) is 30.3 Å². The Morgan fingerprint density at radius 2 is 1.13 bits per heavy atom. The largest absolute Gasteiger partial charge is 0.375 e. The molecule has 0 aromatic carbocycles. The zero-order valence-electron chi connectivity index (χ0n) is 20.8. The van der Waals surface area contributed by atoms with Crippen molar-refractivity contribution in [1.82, 2.24) is 0 Å². The van der Waals surface area contributed by atoms with Crippen LogP contribution < -0.4 is 0 Å². The molecule has 3 aliphatic rings. The lowest BCUT2D eigenvalue weighted by molar-refractivity contribution is -0.117. The lowest BCUT2D eigenvalue weighted by atomic mass is 9.67. The molecule has 0 unspecified atom stereocenters. The summed E-state index contributed by atoms with van der Waals surface area (Å²) in [5, 5.41) is 0. The minimum Gasteiger partial charge on any atom is -0.375 e. The average Bonchev–Trinajstić information content (AvgIpc) is 2.79. The first-order valence-electron chi connectivity index (χ1n) is 14.4. The van der Waals surface area contributed by atoms with Crippen LogP contribution in [-0.2, 0) is 4.74 Å². The van der Waals surface area contributed by atoms with Crippen molar-refractivity contribution in [3.05, 3.63) is 0 Å². The van der Waals surface area contributed by atoms with Gasteiger partial charge in [-0.1, -0.05) is 116 Å². The van der Waals surface area contributed by atoms with Gasteiger partial charge in [0.05, 0.1) is 5.60 Å². The third-order valence-corrected chi connectivity index (χ3v) is 9.39. The molecule has 0 saturated heterocycles. The summed E-state index contributed by atoms with van der Waals surface area (Å²) < 4.78 is 6.46. The first-order valence-corrected chi connectivity index (χ1v) is 14.4. The van der Waals surface area contributed by atoms with E-state index < -0.39 is 0 Å². The van der Waals surface area contributed by atoms with Gasteiger partial charge in [0.2, 0.25) is 0 Å². The quantitative estimate of drug-likeness (QED) is 0.287. The van der Waals surface area contributed by atoms with E-state index >= 15 is 0 Å². The van der Waals surface area contributed by atoms with Crippen LogP contribution in [0.15, 0.2) is 0 Å². The Kier molecular flexibility index (Phi) is 11.1. The number of rotatable bonds is 12. The van der Waals surface area contributed by atoms with Crippen LogP contribution in [-0.4, -0.2) is 12.2 Å². The van der Waals surface area contributed by atoms with E-state index in [1.807, 2.05) is 0 Å². The fourth-order valence-electron chi connectivity index (χ4n) is 7.40. The van der Waals surface area contributed by atoms with Gasteiger partial charge in [-0.15, -0.1) is 0 Å². The molecule has 0 radical (unpaired) electrons. The maximum atomic E-state index is 6.46. The van der Waals surface area contributed by atoms with Crippen LogP contribution in [0.25, 0.3) is 0 Å². The van der Waals surface area contributed by atoms with Gasteiger partial charge in [-0.05, 0) is 56.3 Å². The number of ether oxygens (including phenoxy) is 1. The Bertz CT molecular complexity index is 416. The van der Waals surface area contributed by atoms with Crippen molar-refractivity contribution >= 4 is 0 Å². The van der Waals surface area contributed by atoms with E-state index in [0.29, 0.717) is 0 Å². The fourth-order valence-corrected chi connectivity index (χ4v) is 7.40. The summed E-state index contributed by atoms with van der Waals surface area (Å²) in [6, 6.07) is 0. The standard InChI is InChI=1S/C29H54O/c1-3-5-6-7-9-12-25-13-15-26(16-14-25)17-18-27-19-21-28(22-20-27)29(30-4-2)23-10-8-11-24-29/h25-28H,3-24H2,1-2H3/t25-,26-,27-,28-. The zero-order valence-corrected chi connectivity index (χ0v) is 20.8. The van der Waals surface area contributed by atoms with Crippen molar-refractivity contribution in [2.24, 2.45) is 23.7 Å². The predicted octanol–water partition coefficient (Wildman–Crippen LogP) is 9.48. The van der Waals surface area contributed by atoms with Crippen molar-refractivity contribution in [2.45, 2.75) is 154 Å². The topological polar surface area (TPSA) is 9.23 Å². The zero-order chi connectivity index (χ0) is 21.1. The van der Waals surface area contributed by atoms with E-state index in [2.05, 4.69) is 13.8 Å². The van der Waals surface area contributed by atoms with Crippen molar-refractivity contribution < 1.29 is 4.74 Å². The first-order chi connectivity index (χ1) is 14.8. The molecule has 0 bridgehead atoms. The second-order valence-corrected chi connectivity index (χ2v) is 11.4. The molecule has 30 heavy (non-hydrogen) atoms. The summed E-state index contributed by atoms with van der Waals surface area (Å²) in [6.45, 7) is 5.45. The molecule has 0 spiro atoms. The Morgan fingerprint density at radius 1 is 0.600 bits per heavy atom. The SMILES string of the molecule is CCCCCCC[C@H]1CC[C@H](CC[C@H]2CC[C@H](C3(OCC)CCCCC3)CC2)CC1. The van der Waals surface area contributed by atoms with Gasteiger partial charge in [0.1, 0.15) is 0 Å². The van der Waals surface area contributed by atoms with Crippen molar-refractivity contribution in [3.8, 4) is 0 Å². The van der Waals surface area contributed by atoms with Crippen molar-refractivity contribution in [2.75, 3.05) is 6.61 Å². The van der Waals surface area contributed by atoms with Crippen molar-refractivity contribution in [3.63, 3.8) is 0 Å². The van der Waals surface area contributed by atoms with E-state index in [4.69, 9.17) is 4.74 Å². The number of hydrogen-bond acceptors (Lipinski definition) is 1.